The van der Waals surface area contributed by atoms with Crippen LogP contribution in [-0.2, 0) is 0 Å². The van der Waals surface area contributed by atoms with Crippen LogP contribution < -0.4 is 4.74 Å². The first-order valence-corrected chi connectivity index (χ1v) is 8.29. The minimum absolute atomic E-state index is 0.159. The van der Waals surface area contributed by atoms with Crippen LogP contribution in [0.25, 0.3) is 11.0 Å². The predicted octanol–water partition coefficient (Wildman–Crippen LogP) is 5.09. The maximum Gasteiger partial charge on any atom is 0.178 e. The summed E-state index contributed by atoms with van der Waals surface area (Å²) in [5.41, 5.74) is 2.20. The Morgan fingerprint density at radius 1 is 1.29 bits per heavy atom. The van der Waals surface area contributed by atoms with Gasteiger partial charge in [-0.2, -0.15) is 0 Å². The van der Waals surface area contributed by atoms with E-state index in [2.05, 4.69) is 35.5 Å². The number of imidazole rings is 1. The average Bonchev–Trinajstić information content (AvgIpc) is 2.91. The Kier molecular flexibility index (Phi) is 3.82. The molecule has 0 spiro atoms. The van der Waals surface area contributed by atoms with Crippen LogP contribution in [0.4, 0.5) is 0 Å². The Morgan fingerprint density at radius 2 is 2.05 bits per heavy atom. The van der Waals surface area contributed by atoms with Crippen LogP contribution in [0.3, 0.4) is 0 Å². The molecule has 3 unspecified atom stereocenters. The molecule has 0 saturated heterocycles. The summed E-state index contributed by atoms with van der Waals surface area (Å²) in [6.45, 7) is 8.78. The summed E-state index contributed by atoms with van der Waals surface area (Å²) >= 11 is 5.61. The molecular weight excluding hydrogens is 280 g/mol. The van der Waals surface area contributed by atoms with Crippen molar-refractivity contribution >= 4 is 23.3 Å². The molecule has 21 heavy (non-hydrogen) atoms. The predicted molar refractivity (Wildman–Crippen MR) is 89.5 cm³/mol. The Balaban J connectivity index is 2.12. The van der Waals surface area contributed by atoms with Crippen molar-refractivity contribution in [3.63, 3.8) is 0 Å². The van der Waals surface area contributed by atoms with Crippen LogP contribution in [0, 0.1) is 16.6 Å². The number of H-pyrrole nitrogens is 1. The molecule has 1 heterocycles. The van der Waals surface area contributed by atoms with Crippen LogP contribution in [-0.4, -0.2) is 15.7 Å². The van der Waals surface area contributed by atoms with Crippen LogP contribution >= 0.6 is 12.2 Å². The Bertz CT molecular complexity index is 700. The second-order valence-electron chi connectivity index (χ2n) is 6.60. The SMILES string of the molecule is CC(C)Oc1cccc2c1[nH]c(=S)n2C1CCC(C)C1C. The number of fused-ring (bicyclic) bond motifs is 1. The van der Waals surface area contributed by atoms with Gasteiger partial charge in [0.1, 0.15) is 11.3 Å². The van der Waals surface area contributed by atoms with Crippen LogP contribution in [0.15, 0.2) is 18.2 Å². The second-order valence-corrected chi connectivity index (χ2v) is 6.98. The lowest BCUT2D eigenvalue weighted by atomic mass is 9.97. The van der Waals surface area contributed by atoms with Gasteiger partial charge in [0.05, 0.1) is 11.6 Å². The Hall–Kier alpha value is -1.29. The number of hydrogen-bond acceptors (Lipinski definition) is 2. The van der Waals surface area contributed by atoms with E-state index in [-0.39, 0.29) is 6.10 Å². The zero-order valence-electron chi connectivity index (χ0n) is 13.2. The summed E-state index contributed by atoms with van der Waals surface area (Å²) in [6, 6.07) is 6.71. The van der Waals surface area contributed by atoms with Crippen LogP contribution in [0.1, 0.15) is 46.6 Å². The zero-order valence-corrected chi connectivity index (χ0v) is 14.0. The number of ether oxygens (including phenoxy) is 1. The van der Waals surface area contributed by atoms with Crippen LogP contribution in [0.5, 0.6) is 5.75 Å². The molecule has 0 radical (unpaired) electrons. The van der Waals surface area contributed by atoms with E-state index in [4.69, 9.17) is 17.0 Å². The summed E-state index contributed by atoms with van der Waals surface area (Å²) in [5, 5.41) is 0. The van der Waals surface area contributed by atoms with Crippen molar-refractivity contribution in [1.29, 1.82) is 0 Å². The molecule has 2 aromatic rings. The number of para-hydroxylation sites is 1. The van der Waals surface area contributed by atoms with Gasteiger partial charge in [0, 0.05) is 6.04 Å². The van der Waals surface area contributed by atoms with E-state index in [0.717, 1.165) is 22.0 Å². The number of rotatable bonds is 3. The first-order chi connectivity index (χ1) is 9.99. The highest BCUT2D eigenvalue weighted by Gasteiger charge is 2.32. The third kappa shape index (κ3) is 2.50. The maximum absolute atomic E-state index is 5.92. The van der Waals surface area contributed by atoms with Gasteiger partial charge in [-0.25, -0.2) is 0 Å². The first-order valence-electron chi connectivity index (χ1n) is 7.89. The molecule has 0 aliphatic heterocycles. The Labute approximate surface area is 131 Å². The smallest absolute Gasteiger partial charge is 0.178 e. The molecule has 1 aliphatic rings. The number of aromatic amines is 1. The van der Waals surface area contributed by atoms with Crippen molar-refractivity contribution in [1.82, 2.24) is 9.55 Å². The van der Waals surface area contributed by atoms with E-state index in [1.807, 2.05) is 19.9 Å². The van der Waals surface area contributed by atoms with Crippen molar-refractivity contribution in [2.24, 2.45) is 11.8 Å². The lowest BCUT2D eigenvalue weighted by Crippen LogP contribution is -2.14. The fraction of sp³-hybridized carbons (Fsp3) is 0.588. The van der Waals surface area contributed by atoms with Gasteiger partial charge in [0.25, 0.3) is 0 Å². The van der Waals surface area contributed by atoms with Gasteiger partial charge in [-0.1, -0.05) is 19.9 Å². The summed E-state index contributed by atoms with van der Waals surface area (Å²) in [6.07, 6.45) is 2.65. The molecule has 1 aliphatic carbocycles. The monoisotopic (exact) mass is 304 g/mol. The van der Waals surface area contributed by atoms with E-state index >= 15 is 0 Å². The topological polar surface area (TPSA) is 29.9 Å². The molecule has 0 bridgehead atoms. The molecule has 1 saturated carbocycles. The molecule has 114 valence electrons. The lowest BCUT2D eigenvalue weighted by Gasteiger charge is -2.20. The first kappa shape index (κ1) is 14.6. The molecule has 1 fully saturated rings. The van der Waals surface area contributed by atoms with Gasteiger partial charge >= 0.3 is 0 Å². The molecule has 1 aromatic carbocycles. The quantitative estimate of drug-likeness (QED) is 0.800. The summed E-state index contributed by atoms with van der Waals surface area (Å²) < 4.78 is 9.04. The highest BCUT2D eigenvalue weighted by Crippen LogP contribution is 2.42. The number of aromatic nitrogens is 2. The summed E-state index contributed by atoms with van der Waals surface area (Å²) in [5.74, 6) is 2.31. The number of nitrogens with one attached hydrogen (secondary N) is 1. The maximum atomic E-state index is 5.92. The Morgan fingerprint density at radius 3 is 2.67 bits per heavy atom. The number of nitrogens with zero attached hydrogens (tertiary/aromatic N) is 1. The van der Waals surface area contributed by atoms with Gasteiger partial charge in [-0.05, 0) is 62.9 Å². The molecule has 4 heteroatoms. The minimum atomic E-state index is 0.159. The third-order valence-electron chi connectivity index (χ3n) is 4.83. The molecular formula is C17H24N2OS. The van der Waals surface area contributed by atoms with Crippen molar-refractivity contribution in [3.05, 3.63) is 23.0 Å². The molecule has 3 rings (SSSR count). The molecule has 0 amide bonds. The van der Waals surface area contributed by atoms with E-state index in [1.165, 1.54) is 18.4 Å². The van der Waals surface area contributed by atoms with Gasteiger partial charge in [-0.15, -0.1) is 0 Å². The average molecular weight is 304 g/mol. The van der Waals surface area contributed by atoms with Crippen molar-refractivity contribution in [2.45, 2.75) is 52.7 Å². The molecule has 1 N–H and O–H groups in total. The molecule has 3 nitrogen and oxygen atoms in total. The standard InChI is InChI=1S/C17H24N2OS/c1-10(2)20-15-7-5-6-14-16(15)18-17(21)19(14)13-9-8-11(3)12(13)4/h5-7,10-13H,8-9H2,1-4H3,(H,18,21). The largest absolute Gasteiger partial charge is 0.489 e. The number of benzene rings is 1. The summed E-state index contributed by atoms with van der Waals surface area (Å²) in [7, 11) is 0. The number of hydrogen-bond donors (Lipinski definition) is 1. The lowest BCUT2D eigenvalue weighted by molar-refractivity contribution is 0.245. The highest BCUT2D eigenvalue weighted by molar-refractivity contribution is 7.71. The molecule has 3 atom stereocenters. The van der Waals surface area contributed by atoms with E-state index < -0.39 is 0 Å². The van der Waals surface area contributed by atoms with Crippen molar-refractivity contribution in [3.8, 4) is 5.75 Å². The van der Waals surface area contributed by atoms with E-state index in [0.29, 0.717) is 12.0 Å². The van der Waals surface area contributed by atoms with Gasteiger partial charge in [-0.3, -0.25) is 0 Å². The van der Waals surface area contributed by atoms with E-state index in [9.17, 15) is 0 Å². The fourth-order valence-electron chi connectivity index (χ4n) is 3.51. The van der Waals surface area contributed by atoms with Crippen molar-refractivity contribution in [2.75, 3.05) is 0 Å². The van der Waals surface area contributed by atoms with Gasteiger partial charge in [0.15, 0.2) is 4.77 Å². The highest BCUT2D eigenvalue weighted by atomic mass is 32.1. The fourth-order valence-corrected chi connectivity index (χ4v) is 3.84. The normalized spacial score (nSPS) is 25.9. The van der Waals surface area contributed by atoms with E-state index in [1.54, 1.807) is 0 Å². The van der Waals surface area contributed by atoms with Gasteiger partial charge in [0.2, 0.25) is 0 Å². The van der Waals surface area contributed by atoms with Crippen LogP contribution in [0.2, 0.25) is 0 Å². The third-order valence-corrected chi connectivity index (χ3v) is 5.13. The second kappa shape index (κ2) is 5.48. The molecule has 1 aromatic heterocycles. The zero-order chi connectivity index (χ0) is 15.1. The summed E-state index contributed by atoms with van der Waals surface area (Å²) in [4.78, 5) is 3.37. The minimum Gasteiger partial charge on any atom is -0.489 e. The van der Waals surface area contributed by atoms with Gasteiger partial charge < -0.3 is 14.3 Å². The van der Waals surface area contributed by atoms with Crippen molar-refractivity contribution < 1.29 is 4.74 Å².